The maximum Gasteiger partial charge on any atom is 0.117 e. The average molecular weight is 351 g/mol. The first-order valence-corrected chi connectivity index (χ1v) is 9.94. The highest BCUT2D eigenvalue weighted by atomic mass is 16.5. The molecule has 3 aliphatic rings. The van der Waals surface area contributed by atoms with Crippen molar-refractivity contribution in [3.05, 3.63) is 0 Å². The van der Waals surface area contributed by atoms with Gasteiger partial charge in [0.1, 0.15) is 5.84 Å². The summed E-state index contributed by atoms with van der Waals surface area (Å²) < 4.78 is 11.2. The minimum Gasteiger partial charge on any atom is -0.379 e. The molecule has 0 spiro atoms. The van der Waals surface area contributed by atoms with Gasteiger partial charge in [0.15, 0.2) is 0 Å². The SMILES string of the molecule is COC1CCC(C2=NNC(=NCCN3CCCCC3)CC2)CC1OC. The van der Waals surface area contributed by atoms with Crippen molar-refractivity contribution in [3.63, 3.8) is 0 Å². The lowest BCUT2D eigenvalue weighted by Crippen LogP contribution is -2.40. The maximum absolute atomic E-state index is 5.62. The molecule has 3 atom stereocenters. The molecule has 0 aromatic carbocycles. The van der Waals surface area contributed by atoms with E-state index in [1.165, 1.54) is 38.1 Å². The smallest absolute Gasteiger partial charge is 0.117 e. The van der Waals surface area contributed by atoms with Crippen LogP contribution in [-0.2, 0) is 9.47 Å². The van der Waals surface area contributed by atoms with Crippen LogP contribution in [0.1, 0.15) is 51.4 Å². The molecule has 2 aliphatic heterocycles. The number of likely N-dealkylation sites (tertiary alicyclic amines) is 1. The fourth-order valence-electron chi connectivity index (χ4n) is 4.34. The Balaban J connectivity index is 1.44. The standard InChI is InChI=1S/C19H34N4O2/c1-24-17-8-6-15(14-18(17)25-2)16-7-9-19(22-21-16)20-10-13-23-11-4-3-5-12-23/h15,17-18H,3-14H2,1-2H3,(H,20,22). The Morgan fingerprint density at radius 1 is 1.08 bits per heavy atom. The largest absolute Gasteiger partial charge is 0.379 e. The number of amidine groups is 1. The van der Waals surface area contributed by atoms with Crippen LogP contribution in [-0.4, -0.2) is 69.1 Å². The Morgan fingerprint density at radius 3 is 2.56 bits per heavy atom. The molecular formula is C19H34N4O2. The second-order valence-corrected chi connectivity index (χ2v) is 7.50. The van der Waals surface area contributed by atoms with Crippen LogP contribution < -0.4 is 5.43 Å². The highest BCUT2D eigenvalue weighted by molar-refractivity contribution is 5.95. The number of nitrogens with zero attached hydrogens (tertiary/aromatic N) is 3. The van der Waals surface area contributed by atoms with Gasteiger partial charge in [-0.25, -0.2) is 0 Å². The zero-order valence-electron chi connectivity index (χ0n) is 15.9. The summed E-state index contributed by atoms with van der Waals surface area (Å²) in [6.07, 6.45) is 9.70. The van der Waals surface area contributed by atoms with Gasteiger partial charge in [0.05, 0.1) is 18.8 Å². The number of piperidine rings is 1. The summed E-state index contributed by atoms with van der Waals surface area (Å²) in [7, 11) is 3.57. The number of hydrogen-bond acceptors (Lipinski definition) is 5. The van der Waals surface area contributed by atoms with E-state index in [1.54, 1.807) is 14.2 Å². The molecule has 0 aromatic rings. The molecule has 3 unspecified atom stereocenters. The third kappa shape index (κ3) is 5.25. The molecule has 0 bridgehead atoms. The Morgan fingerprint density at radius 2 is 1.88 bits per heavy atom. The molecule has 2 fully saturated rings. The van der Waals surface area contributed by atoms with E-state index in [2.05, 4.69) is 15.4 Å². The Bertz CT molecular complexity index is 474. The van der Waals surface area contributed by atoms with Crippen LogP contribution in [0.15, 0.2) is 10.1 Å². The molecule has 6 nitrogen and oxygen atoms in total. The third-order valence-corrected chi connectivity index (χ3v) is 5.92. The number of nitrogens with one attached hydrogen (secondary N) is 1. The summed E-state index contributed by atoms with van der Waals surface area (Å²) in [4.78, 5) is 7.26. The van der Waals surface area contributed by atoms with Gasteiger partial charge in [0.2, 0.25) is 0 Å². The van der Waals surface area contributed by atoms with Gasteiger partial charge in [0.25, 0.3) is 0 Å². The van der Waals surface area contributed by atoms with Crippen molar-refractivity contribution in [2.45, 2.75) is 63.6 Å². The number of rotatable bonds is 6. The van der Waals surface area contributed by atoms with Gasteiger partial charge < -0.3 is 14.4 Å². The summed E-state index contributed by atoms with van der Waals surface area (Å²) in [6, 6.07) is 0. The molecule has 0 amide bonds. The summed E-state index contributed by atoms with van der Waals surface area (Å²) >= 11 is 0. The average Bonchev–Trinajstić information content (AvgIpc) is 2.69. The van der Waals surface area contributed by atoms with Crippen molar-refractivity contribution in [2.75, 3.05) is 40.4 Å². The number of aliphatic imine (C=N–C) groups is 1. The van der Waals surface area contributed by atoms with Gasteiger partial charge >= 0.3 is 0 Å². The van der Waals surface area contributed by atoms with Gasteiger partial charge in [-0.1, -0.05) is 6.42 Å². The van der Waals surface area contributed by atoms with Crippen LogP contribution >= 0.6 is 0 Å². The molecule has 0 radical (unpaired) electrons. The second kappa shape index (κ2) is 9.64. The monoisotopic (exact) mass is 350 g/mol. The first kappa shape index (κ1) is 18.8. The van der Waals surface area contributed by atoms with Crippen molar-refractivity contribution in [3.8, 4) is 0 Å². The van der Waals surface area contributed by atoms with E-state index in [4.69, 9.17) is 14.5 Å². The lowest BCUT2D eigenvalue weighted by molar-refractivity contribution is -0.0639. The van der Waals surface area contributed by atoms with Gasteiger partial charge in [-0.2, -0.15) is 5.10 Å². The molecule has 6 heteroatoms. The van der Waals surface area contributed by atoms with Crippen molar-refractivity contribution in [1.82, 2.24) is 10.3 Å². The van der Waals surface area contributed by atoms with Crippen molar-refractivity contribution < 1.29 is 9.47 Å². The van der Waals surface area contributed by atoms with E-state index in [-0.39, 0.29) is 12.2 Å². The van der Waals surface area contributed by atoms with Gasteiger partial charge in [-0.3, -0.25) is 10.4 Å². The second-order valence-electron chi connectivity index (χ2n) is 7.50. The fraction of sp³-hybridized carbons (Fsp3) is 0.895. The molecule has 0 aromatic heterocycles. The molecule has 1 aliphatic carbocycles. The molecule has 1 N–H and O–H groups in total. The Hall–Kier alpha value is -0.980. The van der Waals surface area contributed by atoms with Gasteiger partial charge in [0, 0.05) is 38.8 Å². The Labute approximate surface area is 152 Å². The van der Waals surface area contributed by atoms with Crippen LogP contribution in [0.3, 0.4) is 0 Å². The van der Waals surface area contributed by atoms with Crippen molar-refractivity contribution >= 4 is 11.5 Å². The minimum atomic E-state index is 0.186. The number of hydrazone groups is 1. The van der Waals surface area contributed by atoms with Gasteiger partial charge in [-0.05, 0) is 51.6 Å². The number of methoxy groups -OCH3 is 2. The molecule has 1 saturated heterocycles. The molecule has 25 heavy (non-hydrogen) atoms. The van der Waals surface area contributed by atoms with E-state index >= 15 is 0 Å². The molecular weight excluding hydrogens is 316 g/mol. The lowest BCUT2D eigenvalue weighted by Gasteiger charge is -2.35. The fourth-order valence-corrected chi connectivity index (χ4v) is 4.34. The van der Waals surface area contributed by atoms with Crippen LogP contribution in [0.5, 0.6) is 0 Å². The highest BCUT2D eigenvalue weighted by Gasteiger charge is 2.33. The quantitative estimate of drug-likeness (QED) is 0.799. The van der Waals surface area contributed by atoms with Gasteiger partial charge in [-0.15, -0.1) is 0 Å². The predicted molar refractivity (Wildman–Crippen MR) is 101 cm³/mol. The minimum absolute atomic E-state index is 0.186. The van der Waals surface area contributed by atoms with Crippen LogP contribution in [0.4, 0.5) is 0 Å². The van der Waals surface area contributed by atoms with E-state index in [9.17, 15) is 0 Å². The zero-order valence-corrected chi connectivity index (χ0v) is 15.9. The van der Waals surface area contributed by atoms with Crippen LogP contribution in [0.25, 0.3) is 0 Å². The van der Waals surface area contributed by atoms with E-state index in [1.807, 2.05) is 0 Å². The highest BCUT2D eigenvalue weighted by Crippen LogP contribution is 2.30. The first-order valence-electron chi connectivity index (χ1n) is 9.94. The van der Waals surface area contributed by atoms with E-state index in [0.29, 0.717) is 5.92 Å². The molecule has 1 saturated carbocycles. The number of ether oxygens (including phenoxy) is 2. The number of hydrogen-bond donors (Lipinski definition) is 1. The van der Waals surface area contributed by atoms with Crippen LogP contribution in [0, 0.1) is 5.92 Å². The normalized spacial score (nSPS) is 33.1. The van der Waals surface area contributed by atoms with Crippen LogP contribution in [0.2, 0.25) is 0 Å². The topological polar surface area (TPSA) is 58.5 Å². The third-order valence-electron chi connectivity index (χ3n) is 5.92. The zero-order chi connectivity index (χ0) is 17.5. The van der Waals surface area contributed by atoms with Crippen molar-refractivity contribution in [1.29, 1.82) is 0 Å². The molecule has 142 valence electrons. The molecule has 3 rings (SSSR count). The first-order chi connectivity index (χ1) is 12.3. The summed E-state index contributed by atoms with van der Waals surface area (Å²) in [5, 5.41) is 4.65. The molecule has 2 heterocycles. The Kier molecular flexibility index (Phi) is 7.25. The summed E-state index contributed by atoms with van der Waals surface area (Å²) in [6.45, 7) is 4.45. The predicted octanol–water partition coefficient (Wildman–Crippen LogP) is 2.44. The summed E-state index contributed by atoms with van der Waals surface area (Å²) in [5.41, 5.74) is 4.49. The summed E-state index contributed by atoms with van der Waals surface area (Å²) in [5.74, 6) is 1.56. The maximum atomic E-state index is 5.62. The van der Waals surface area contributed by atoms with Crippen molar-refractivity contribution in [2.24, 2.45) is 16.0 Å². The van der Waals surface area contributed by atoms with E-state index in [0.717, 1.165) is 51.0 Å². The lowest BCUT2D eigenvalue weighted by atomic mass is 9.81. The van der Waals surface area contributed by atoms with E-state index < -0.39 is 0 Å².